The molecular weight excluding hydrogens is 243 g/mol. The van der Waals surface area contributed by atoms with Crippen LogP contribution >= 0.6 is 0 Å². The van der Waals surface area contributed by atoms with E-state index in [1.807, 2.05) is 0 Å². The third-order valence-electron chi connectivity index (χ3n) is 2.37. The maximum atomic E-state index is 13.4. The quantitative estimate of drug-likeness (QED) is 0.572. The molecule has 0 amide bonds. The number of nitro benzene ring substituents is 1. The van der Waals surface area contributed by atoms with E-state index in [0.29, 0.717) is 6.42 Å². The molecular formula is C11H15FN2O4. The number of halogens is 1. The Kier molecular flexibility index (Phi) is 5.47. The Labute approximate surface area is 104 Å². The molecule has 18 heavy (non-hydrogen) atoms. The topological polar surface area (TPSA) is 84.6 Å². The lowest BCUT2D eigenvalue weighted by atomic mass is 10.2. The molecule has 1 atom stereocenters. The number of hydrogen-bond acceptors (Lipinski definition) is 5. The Morgan fingerprint density at radius 3 is 2.89 bits per heavy atom. The number of aliphatic hydroxyl groups is 1. The molecule has 0 saturated heterocycles. The van der Waals surface area contributed by atoms with E-state index < -0.39 is 16.4 Å². The Morgan fingerprint density at radius 2 is 2.33 bits per heavy atom. The molecule has 0 aromatic heterocycles. The van der Waals surface area contributed by atoms with Crippen LogP contribution in [-0.2, 0) is 4.74 Å². The Hall–Kier alpha value is -1.73. The van der Waals surface area contributed by atoms with E-state index in [1.54, 1.807) is 0 Å². The van der Waals surface area contributed by atoms with Crippen molar-refractivity contribution in [2.75, 3.05) is 25.6 Å². The second-order valence-electron chi connectivity index (χ2n) is 3.70. The lowest BCUT2D eigenvalue weighted by Crippen LogP contribution is -2.26. The van der Waals surface area contributed by atoms with Crippen LogP contribution in [0.15, 0.2) is 18.2 Å². The van der Waals surface area contributed by atoms with E-state index in [9.17, 15) is 14.5 Å². The highest BCUT2D eigenvalue weighted by molar-refractivity contribution is 5.62. The van der Waals surface area contributed by atoms with E-state index >= 15 is 0 Å². The van der Waals surface area contributed by atoms with Crippen molar-refractivity contribution < 1.29 is 19.2 Å². The summed E-state index contributed by atoms with van der Waals surface area (Å²) < 4.78 is 18.3. The molecule has 6 nitrogen and oxygen atoms in total. The molecule has 0 saturated carbocycles. The van der Waals surface area contributed by atoms with Gasteiger partial charge in [-0.25, -0.2) is 0 Å². The van der Waals surface area contributed by atoms with Crippen molar-refractivity contribution in [2.45, 2.75) is 12.5 Å². The van der Waals surface area contributed by atoms with Crippen LogP contribution < -0.4 is 5.32 Å². The second-order valence-corrected chi connectivity index (χ2v) is 3.70. The Balaban J connectivity index is 2.94. The maximum Gasteiger partial charge on any atom is 0.327 e. The molecule has 1 aromatic rings. The minimum absolute atomic E-state index is 0.0792. The standard InChI is InChI=1S/C11H15FN2O4/c1-18-7-8(5-6-15)13-10-4-2-3-9(12)11(10)14(16)17/h2-4,8,13,15H,5-7H2,1H3. The number of aliphatic hydroxyl groups excluding tert-OH is 1. The van der Waals surface area contributed by atoms with Gasteiger partial charge in [0.1, 0.15) is 5.69 Å². The van der Waals surface area contributed by atoms with Crippen molar-refractivity contribution in [3.63, 3.8) is 0 Å². The van der Waals surface area contributed by atoms with Gasteiger partial charge in [-0.15, -0.1) is 0 Å². The van der Waals surface area contributed by atoms with Gasteiger partial charge in [-0.3, -0.25) is 10.1 Å². The molecule has 100 valence electrons. The molecule has 0 aliphatic carbocycles. The molecule has 7 heteroatoms. The van der Waals surface area contributed by atoms with E-state index in [0.717, 1.165) is 6.07 Å². The number of methoxy groups -OCH3 is 1. The van der Waals surface area contributed by atoms with E-state index in [4.69, 9.17) is 9.84 Å². The number of ether oxygens (including phenoxy) is 1. The van der Waals surface area contributed by atoms with E-state index in [-0.39, 0.29) is 24.9 Å². The fourth-order valence-corrected chi connectivity index (χ4v) is 1.59. The molecule has 0 bridgehead atoms. The van der Waals surface area contributed by atoms with E-state index in [2.05, 4.69) is 5.32 Å². The fourth-order valence-electron chi connectivity index (χ4n) is 1.59. The van der Waals surface area contributed by atoms with Crippen LogP contribution in [0.1, 0.15) is 6.42 Å². The Bertz CT molecular complexity index is 408. The molecule has 0 radical (unpaired) electrons. The summed E-state index contributed by atoms with van der Waals surface area (Å²) in [6.07, 6.45) is 0.349. The predicted molar refractivity (Wildman–Crippen MR) is 64.0 cm³/mol. The zero-order valence-corrected chi connectivity index (χ0v) is 9.93. The van der Waals surface area contributed by atoms with Gasteiger partial charge in [0.25, 0.3) is 0 Å². The van der Waals surface area contributed by atoms with Crippen LogP contribution in [0.5, 0.6) is 0 Å². The van der Waals surface area contributed by atoms with Crippen molar-refractivity contribution >= 4 is 11.4 Å². The summed E-state index contributed by atoms with van der Waals surface area (Å²) in [7, 11) is 1.48. The normalized spacial score (nSPS) is 12.2. The molecule has 0 aliphatic rings. The number of para-hydroxylation sites is 1. The summed E-state index contributed by atoms with van der Waals surface area (Å²) in [5.74, 6) is -0.898. The summed E-state index contributed by atoms with van der Waals surface area (Å²) in [6.45, 7) is 0.165. The van der Waals surface area contributed by atoms with Gasteiger partial charge >= 0.3 is 5.69 Å². The van der Waals surface area contributed by atoms with Crippen molar-refractivity contribution in [3.05, 3.63) is 34.1 Å². The van der Waals surface area contributed by atoms with Gasteiger partial charge in [0, 0.05) is 13.7 Å². The number of nitrogens with zero attached hydrogens (tertiary/aromatic N) is 1. The Morgan fingerprint density at radius 1 is 1.61 bits per heavy atom. The maximum absolute atomic E-state index is 13.4. The van der Waals surface area contributed by atoms with Crippen molar-refractivity contribution in [1.82, 2.24) is 0 Å². The van der Waals surface area contributed by atoms with Gasteiger partial charge in [0.05, 0.1) is 17.6 Å². The molecule has 1 rings (SSSR count). The smallest absolute Gasteiger partial charge is 0.327 e. The van der Waals surface area contributed by atoms with Gasteiger partial charge in [-0.2, -0.15) is 4.39 Å². The monoisotopic (exact) mass is 258 g/mol. The third-order valence-corrected chi connectivity index (χ3v) is 2.37. The number of benzene rings is 1. The van der Waals surface area contributed by atoms with Crippen LogP contribution in [0.3, 0.4) is 0 Å². The van der Waals surface area contributed by atoms with Gasteiger partial charge in [-0.1, -0.05) is 6.07 Å². The van der Waals surface area contributed by atoms with Gasteiger partial charge in [-0.05, 0) is 18.6 Å². The SMILES string of the molecule is COCC(CCO)Nc1cccc(F)c1[N+](=O)[O-]. The van der Waals surface area contributed by atoms with Crippen LogP contribution in [0.4, 0.5) is 15.8 Å². The van der Waals surface area contributed by atoms with Crippen LogP contribution in [0.2, 0.25) is 0 Å². The lowest BCUT2D eigenvalue weighted by Gasteiger charge is -2.18. The van der Waals surface area contributed by atoms with Gasteiger partial charge in [0.2, 0.25) is 5.82 Å². The van der Waals surface area contributed by atoms with Crippen LogP contribution in [-0.4, -0.2) is 36.4 Å². The number of rotatable bonds is 7. The first-order valence-electron chi connectivity index (χ1n) is 5.39. The van der Waals surface area contributed by atoms with Gasteiger partial charge < -0.3 is 15.2 Å². The van der Waals surface area contributed by atoms with Crippen LogP contribution in [0.25, 0.3) is 0 Å². The highest BCUT2D eigenvalue weighted by atomic mass is 19.1. The summed E-state index contributed by atoms with van der Waals surface area (Å²) in [4.78, 5) is 10.0. The highest BCUT2D eigenvalue weighted by Crippen LogP contribution is 2.28. The summed E-state index contributed by atoms with van der Waals surface area (Å²) >= 11 is 0. The van der Waals surface area contributed by atoms with Crippen molar-refractivity contribution in [3.8, 4) is 0 Å². The number of nitrogens with one attached hydrogen (secondary N) is 1. The average molecular weight is 258 g/mol. The first-order chi connectivity index (χ1) is 8.60. The molecule has 0 aliphatic heterocycles. The van der Waals surface area contributed by atoms with Crippen molar-refractivity contribution in [1.29, 1.82) is 0 Å². The molecule has 1 aromatic carbocycles. The number of anilines is 1. The second kappa shape index (κ2) is 6.87. The average Bonchev–Trinajstić information content (AvgIpc) is 2.29. The van der Waals surface area contributed by atoms with Crippen LogP contribution in [0, 0.1) is 15.9 Å². The summed E-state index contributed by atoms with van der Waals surface area (Å²) in [5, 5.41) is 22.5. The fraction of sp³-hybridized carbons (Fsp3) is 0.455. The number of nitro groups is 1. The van der Waals surface area contributed by atoms with E-state index in [1.165, 1.54) is 19.2 Å². The zero-order valence-electron chi connectivity index (χ0n) is 9.93. The molecule has 1 unspecified atom stereocenters. The lowest BCUT2D eigenvalue weighted by molar-refractivity contribution is -0.386. The molecule has 2 N–H and O–H groups in total. The predicted octanol–water partition coefficient (Wildman–Crippen LogP) is 1.54. The minimum atomic E-state index is -0.898. The number of hydrogen-bond donors (Lipinski definition) is 2. The van der Waals surface area contributed by atoms with Crippen molar-refractivity contribution in [2.24, 2.45) is 0 Å². The molecule has 0 heterocycles. The minimum Gasteiger partial charge on any atom is -0.396 e. The summed E-state index contributed by atoms with van der Waals surface area (Å²) in [5.41, 5.74) is -0.521. The molecule has 0 spiro atoms. The summed E-state index contributed by atoms with van der Waals surface area (Å²) in [6, 6.07) is 3.51. The molecule has 0 fully saturated rings. The first kappa shape index (κ1) is 14.3. The largest absolute Gasteiger partial charge is 0.396 e. The van der Waals surface area contributed by atoms with Gasteiger partial charge in [0.15, 0.2) is 0 Å². The third kappa shape index (κ3) is 3.64. The zero-order chi connectivity index (χ0) is 13.5. The highest BCUT2D eigenvalue weighted by Gasteiger charge is 2.21. The first-order valence-corrected chi connectivity index (χ1v) is 5.39.